The number of carbonyl (C=O) groups excluding carboxylic acids is 3. The van der Waals surface area contributed by atoms with Crippen molar-refractivity contribution in [1.82, 2.24) is 19.1 Å². The molecule has 2 aromatic heterocycles. The SMILES string of the molecule is BrB(Br)Br.C.COC(=O)c1cccc(F)c1OC.COc1c(F)cccc1-c1nc(C)c(Br)c(=O)n1CCc1ccccc1.COc1c(F)cccc1C(N)=O.Cc1nc(-c2cccc(F)c2O)n(CCc2ccccc2)c(=O)c1Br.O=C(O)c1cccc(F)c1O.O=CO[O-].[H-].[K+].[K+]. The van der Waals surface area contributed by atoms with Crippen LogP contribution >= 0.6 is 79.1 Å². The van der Waals surface area contributed by atoms with Crippen LogP contribution in [0.1, 0.15) is 62.4 Å². The van der Waals surface area contributed by atoms with Gasteiger partial charge in [0.1, 0.15) is 31.7 Å². The van der Waals surface area contributed by atoms with E-state index in [1.165, 1.54) is 87.6 Å². The number of benzene rings is 7. The number of aryl methyl sites for hydroxylation is 4. The first-order chi connectivity index (χ1) is 45.1. The zero-order valence-electron chi connectivity index (χ0n) is 53.8. The zero-order valence-corrected chi connectivity index (χ0v) is 67.0. The van der Waals surface area contributed by atoms with E-state index < -0.39 is 64.0 Å². The predicted molar refractivity (Wildman–Crippen MR) is 369 cm³/mol. The molecular weight excluding hydrogens is 1670 g/mol. The van der Waals surface area contributed by atoms with Crippen molar-refractivity contribution < 1.29 is 190 Å². The second-order valence-corrected chi connectivity index (χ2v) is 26.4. The van der Waals surface area contributed by atoms with E-state index in [4.69, 9.17) is 35.5 Å². The summed E-state index contributed by atoms with van der Waals surface area (Å²) in [6.07, 6.45) is 1.27. The van der Waals surface area contributed by atoms with Gasteiger partial charge in [-0.2, -0.15) is 0 Å². The fourth-order valence-corrected chi connectivity index (χ4v) is 8.65. The van der Waals surface area contributed by atoms with E-state index in [0.29, 0.717) is 57.7 Å². The monoisotopic (exact) mass is 1730 g/mol. The average Bonchev–Trinajstić information content (AvgIpc) is 0.790. The molecule has 0 saturated carbocycles. The molecule has 20 nitrogen and oxygen atoms in total. The van der Waals surface area contributed by atoms with Crippen molar-refractivity contribution in [1.29, 1.82) is 0 Å². The number of para-hydroxylation sites is 5. The number of rotatable bonds is 15. The Balaban J connectivity index is 0. The Morgan fingerprint density at radius 2 is 0.898 bits per heavy atom. The molecule has 2 heterocycles. The van der Waals surface area contributed by atoms with Gasteiger partial charge in [-0.15, -0.1) is 47.3 Å². The van der Waals surface area contributed by atoms with Gasteiger partial charge < -0.3 is 51.6 Å². The Kier molecular flexibility index (Phi) is 45.7. The summed E-state index contributed by atoms with van der Waals surface area (Å²) >= 11 is 15.9. The van der Waals surface area contributed by atoms with Crippen LogP contribution < -0.4 is 139 Å². The number of carboxylic acids is 1. The fourth-order valence-electron chi connectivity index (χ4n) is 8.05. The van der Waals surface area contributed by atoms with Crippen LogP contribution in [0, 0.1) is 42.9 Å². The maximum Gasteiger partial charge on any atom is 1.00 e. The van der Waals surface area contributed by atoms with Gasteiger partial charge in [-0.1, -0.05) is 98.4 Å². The molecule has 0 bridgehead atoms. The molecule has 0 spiro atoms. The summed E-state index contributed by atoms with van der Waals surface area (Å²) in [6.45, 7) is 4.03. The number of aromatic hydroxyl groups is 2. The molecule has 9 aromatic rings. The number of esters is 1. The van der Waals surface area contributed by atoms with Crippen molar-refractivity contribution in [2.75, 3.05) is 28.4 Å². The molecule has 0 atom stereocenters. The largest absolute Gasteiger partial charge is 1.00 e. The van der Waals surface area contributed by atoms with Crippen LogP contribution in [0.5, 0.6) is 28.7 Å². The number of nitrogens with zero attached hydrogens (tertiary/aromatic N) is 4. The first-order valence-electron chi connectivity index (χ1n) is 27.0. The third kappa shape index (κ3) is 28.5. The van der Waals surface area contributed by atoms with E-state index in [9.17, 15) is 51.0 Å². The fraction of sp³-hybridized carbons (Fsp3) is 0.169. The Morgan fingerprint density at radius 1 is 0.561 bits per heavy atom. The van der Waals surface area contributed by atoms with Gasteiger partial charge in [-0.25, -0.2) is 41.5 Å². The third-order valence-corrected chi connectivity index (χ3v) is 14.2. The van der Waals surface area contributed by atoms with E-state index in [0.717, 1.165) is 29.3 Å². The normalized spacial score (nSPS) is 9.60. The van der Waals surface area contributed by atoms with Gasteiger partial charge in [0, 0.05) is 13.1 Å². The van der Waals surface area contributed by atoms with E-state index in [2.05, 4.69) is 103 Å². The molecule has 7 aromatic carbocycles. The maximum absolute atomic E-state index is 14.1. The van der Waals surface area contributed by atoms with Gasteiger partial charge in [-0.3, -0.25) is 28.3 Å². The number of nitrogens with two attached hydrogens (primary N) is 1. The van der Waals surface area contributed by atoms with E-state index in [1.807, 2.05) is 60.7 Å². The molecule has 0 saturated heterocycles. The van der Waals surface area contributed by atoms with Crippen molar-refractivity contribution >= 4 is 107 Å². The van der Waals surface area contributed by atoms with Crippen LogP contribution in [-0.2, 0) is 40.4 Å². The number of carboxylic acid groups (broad SMARTS) is 1. The quantitative estimate of drug-likeness (QED) is 0.0192. The maximum atomic E-state index is 14.1. The van der Waals surface area contributed by atoms with Crippen molar-refractivity contribution in [3.63, 3.8) is 0 Å². The Bertz CT molecular complexity index is 4190. The number of methoxy groups -OCH3 is 4. The number of ether oxygens (including phenoxy) is 4. The minimum Gasteiger partial charge on any atom is -1.00 e. The molecule has 0 unspecified atom stereocenters. The number of aromatic nitrogens is 4. The van der Waals surface area contributed by atoms with Gasteiger partial charge in [-0.05, 0) is 130 Å². The van der Waals surface area contributed by atoms with Crippen molar-refractivity contribution in [2.45, 2.75) is 47.2 Å². The third-order valence-electron chi connectivity index (χ3n) is 12.4. The molecule has 33 heteroatoms. The molecule has 5 N–H and O–H groups in total. The Morgan fingerprint density at radius 3 is 1.26 bits per heavy atom. The summed E-state index contributed by atoms with van der Waals surface area (Å²) in [5.74, 6) is -6.80. The van der Waals surface area contributed by atoms with Crippen LogP contribution in [0.2, 0.25) is 0 Å². The number of carbonyl (C=O) groups is 4. The molecule has 0 aliphatic carbocycles. The molecule has 512 valence electrons. The number of aromatic carboxylic acids is 1. The van der Waals surface area contributed by atoms with Gasteiger partial charge in [0.05, 0.1) is 56.5 Å². The van der Waals surface area contributed by atoms with Crippen LogP contribution in [0.15, 0.2) is 170 Å². The predicted octanol–water partition coefficient (Wildman–Crippen LogP) is 7.57. The van der Waals surface area contributed by atoms with Gasteiger partial charge >= 0.3 is 118 Å². The molecule has 0 aliphatic heterocycles. The summed E-state index contributed by atoms with van der Waals surface area (Å²) in [4.78, 5) is 77.8. The molecule has 1 amide bonds. The Labute approximate surface area is 689 Å². The van der Waals surface area contributed by atoms with Crippen LogP contribution in [0.4, 0.5) is 22.0 Å². The van der Waals surface area contributed by atoms with Gasteiger partial charge in [0.25, 0.3) is 23.5 Å². The minimum atomic E-state index is -1.35. The van der Waals surface area contributed by atoms with Crippen LogP contribution in [-0.4, -0.2) is 90.4 Å². The van der Waals surface area contributed by atoms with Crippen LogP contribution in [0.3, 0.4) is 0 Å². The molecular formula is C65H62BBr5F5K2N5O15. The summed E-state index contributed by atoms with van der Waals surface area (Å²) in [7, 11) is 5.21. The second kappa shape index (κ2) is 48.4. The first kappa shape index (κ1) is 92.5. The van der Waals surface area contributed by atoms with Gasteiger partial charge in [0.2, 0.25) is 0 Å². The molecule has 0 aliphatic rings. The standard InChI is InChI=1S/C20H18BrFN2O2.C19H16BrFN2O2.C9H9FO3.C8H8FNO2.C7H5FO3.CH2O3.CH4.BBr3.2K.H/c1-13-17(21)20(25)24(12-11-14-7-4-3-5-8-14)19(23-13)15-9-6-10-16(22)18(15)26-2;1-12-16(20)19(25)23(11-10-13-6-3-2-4-7-13)18(22-12)14-8-5-9-15(21)17(14)24;1-12-8-6(9(11)13-2)4-3-5-7(8)10;1-12-7-5(8(10)11)3-2-4-6(7)9;8-5-3-1-2-4(6(5)9)7(10)11;2-1-4-3;;2-1(3)4;;;/h3-10H,11-12H2,1-2H3;2-9,24H,10-11H2,1H3;3-5H,1-2H3;2-4H,1H3,(H2,10,11);1-3,9H,(H,10,11);1,3H;1H4;;;;/q;;;;;;;;2*+1;-1/p-1. The first-order valence-corrected chi connectivity index (χ1v) is 31.3. The molecule has 9 rings (SSSR count). The number of primary amides is 1. The van der Waals surface area contributed by atoms with Crippen molar-refractivity contribution in [3.05, 3.63) is 250 Å². The van der Waals surface area contributed by atoms with E-state index in [-0.39, 0.29) is 172 Å². The van der Waals surface area contributed by atoms with Crippen molar-refractivity contribution in [3.8, 4) is 51.5 Å². The van der Waals surface area contributed by atoms with E-state index in [1.54, 1.807) is 36.6 Å². The Hall–Kier alpha value is -5.47. The topological polar surface area (TPSA) is 294 Å². The zero-order chi connectivity index (χ0) is 71.1. The molecule has 0 fully saturated rings. The summed E-state index contributed by atoms with van der Waals surface area (Å²) in [5.41, 5.74) is 8.08. The number of hydrogen-bond donors (Lipinski definition) is 4. The summed E-state index contributed by atoms with van der Waals surface area (Å²) in [6, 6.07) is 39.8. The number of halogens is 10. The van der Waals surface area contributed by atoms with Crippen LogP contribution in [0.25, 0.3) is 22.8 Å². The number of hydrogen-bond acceptors (Lipinski definition) is 16. The minimum absolute atomic E-state index is 0. The van der Waals surface area contributed by atoms with Gasteiger partial charge in [0.15, 0.2) is 57.8 Å². The number of phenols is 2. The molecule has 98 heavy (non-hydrogen) atoms. The number of phenolic OH excluding ortho intramolecular Hbond substituents is 1. The summed E-state index contributed by atoms with van der Waals surface area (Å²) in [5, 5.41) is 35.7. The smallest absolute Gasteiger partial charge is 1.00 e. The second-order valence-electron chi connectivity index (χ2n) is 18.4. The van der Waals surface area contributed by atoms with E-state index >= 15 is 0 Å². The molecule has 0 radical (unpaired) electrons. The summed E-state index contributed by atoms with van der Waals surface area (Å²) < 4.78 is 89.3. The number of amides is 1. The average molecular weight is 1740 g/mol. The van der Waals surface area contributed by atoms with Crippen molar-refractivity contribution in [2.24, 2.45) is 5.73 Å².